The molecule has 0 radical (unpaired) electrons. The van der Waals surface area contributed by atoms with Crippen LogP contribution in [0, 0.1) is 20.8 Å². The number of nitrogens with zero attached hydrogens (tertiary/aromatic N) is 3. The van der Waals surface area contributed by atoms with Gasteiger partial charge in [-0.25, -0.2) is 4.98 Å². The minimum Gasteiger partial charge on any atom is -0.308 e. The number of aromatic nitrogens is 4. The normalized spacial score (nSPS) is 10.8. The predicted molar refractivity (Wildman–Crippen MR) is 95.7 cm³/mol. The average Bonchev–Trinajstić information content (AvgIpc) is 3.16. The number of rotatable bonds is 5. The van der Waals surface area contributed by atoms with E-state index < -0.39 is 0 Å². The molecule has 0 bridgehead atoms. The van der Waals surface area contributed by atoms with Crippen LogP contribution >= 0.6 is 11.8 Å². The minimum absolute atomic E-state index is 0.109. The van der Waals surface area contributed by atoms with E-state index in [1.807, 2.05) is 17.7 Å². The second kappa shape index (κ2) is 6.92. The molecule has 24 heavy (non-hydrogen) atoms. The molecule has 0 spiro atoms. The summed E-state index contributed by atoms with van der Waals surface area (Å²) in [7, 11) is 0. The molecule has 1 amide bonds. The molecule has 0 saturated carbocycles. The van der Waals surface area contributed by atoms with E-state index in [9.17, 15) is 4.79 Å². The van der Waals surface area contributed by atoms with Gasteiger partial charge in [-0.3, -0.25) is 14.5 Å². The molecule has 7 heteroatoms. The van der Waals surface area contributed by atoms with Crippen LogP contribution in [0.5, 0.6) is 0 Å². The summed E-state index contributed by atoms with van der Waals surface area (Å²) in [4.78, 5) is 16.4. The molecule has 3 rings (SSSR count). The smallest absolute Gasteiger partial charge is 0.236 e. The number of hydrogen-bond donors (Lipinski definition) is 2. The number of imidazole rings is 1. The molecular formula is C17H19N5OS. The van der Waals surface area contributed by atoms with Crippen LogP contribution in [-0.4, -0.2) is 31.4 Å². The van der Waals surface area contributed by atoms with Gasteiger partial charge in [-0.15, -0.1) is 0 Å². The highest BCUT2D eigenvalue weighted by atomic mass is 32.2. The lowest BCUT2D eigenvalue weighted by molar-refractivity contribution is -0.113. The van der Waals surface area contributed by atoms with Crippen LogP contribution in [0.3, 0.4) is 0 Å². The lowest BCUT2D eigenvalue weighted by Gasteiger charge is -2.11. The predicted octanol–water partition coefficient (Wildman–Crippen LogP) is 3.25. The van der Waals surface area contributed by atoms with E-state index in [0.717, 1.165) is 22.1 Å². The van der Waals surface area contributed by atoms with Gasteiger partial charge in [-0.1, -0.05) is 23.9 Å². The van der Waals surface area contributed by atoms with E-state index in [-0.39, 0.29) is 11.7 Å². The number of nitrogens with one attached hydrogen (secondary N) is 2. The molecule has 2 aromatic heterocycles. The Bertz CT molecular complexity index is 868. The number of H-pyrrole nitrogens is 1. The Labute approximate surface area is 144 Å². The number of amides is 1. The number of thioether (sulfide) groups is 1. The zero-order valence-electron chi connectivity index (χ0n) is 13.8. The fraction of sp³-hybridized carbons (Fsp3) is 0.235. The van der Waals surface area contributed by atoms with Crippen molar-refractivity contribution in [2.75, 3.05) is 11.1 Å². The highest BCUT2D eigenvalue weighted by Gasteiger charge is 2.11. The second-order valence-electron chi connectivity index (χ2n) is 5.64. The van der Waals surface area contributed by atoms with Gasteiger partial charge in [0.25, 0.3) is 0 Å². The summed E-state index contributed by atoms with van der Waals surface area (Å²) < 4.78 is 2.01. The number of carbonyl (C=O) groups excluding carboxylic acids is 1. The molecule has 0 aliphatic heterocycles. The van der Waals surface area contributed by atoms with Gasteiger partial charge in [0.1, 0.15) is 0 Å². The average molecular weight is 341 g/mol. The Morgan fingerprint density at radius 1 is 1.29 bits per heavy atom. The van der Waals surface area contributed by atoms with Crippen molar-refractivity contribution in [2.45, 2.75) is 25.9 Å². The maximum Gasteiger partial charge on any atom is 0.236 e. The molecule has 2 heterocycles. The first kappa shape index (κ1) is 16.3. The van der Waals surface area contributed by atoms with E-state index in [2.05, 4.69) is 52.5 Å². The topological polar surface area (TPSA) is 75.6 Å². The number of anilines is 1. The molecule has 0 atom stereocenters. The van der Waals surface area contributed by atoms with E-state index in [1.165, 1.54) is 17.3 Å². The Morgan fingerprint density at radius 3 is 2.88 bits per heavy atom. The molecular weight excluding hydrogens is 322 g/mol. The summed E-state index contributed by atoms with van der Waals surface area (Å²) in [6, 6.07) is 8.08. The van der Waals surface area contributed by atoms with Crippen LogP contribution < -0.4 is 5.32 Å². The first-order valence-electron chi connectivity index (χ1n) is 7.58. The summed E-state index contributed by atoms with van der Waals surface area (Å²) in [5.74, 6) is 0.700. The molecule has 0 saturated heterocycles. The van der Waals surface area contributed by atoms with E-state index >= 15 is 0 Å². The SMILES string of the molecule is Cc1ccc(C)c(-n2ccnc2SCC(=O)Nc2cc(C)[nH]n2)c1. The number of benzene rings is 1. The maximum atomic E-state index is 12.1. The van der Waals surface area contributed by atoms with Gasteiger partial charge < -0.3 is 5.32 Å². The third kappa shape index (κ3) is 3.68. The fourth-order valence-electron chi connectivity index (χ4n) is 2.35. The van der Waals surface area contributed by atoms with Crippen LogP contribution in [-0.2, 0) is 4.79 Å². The zero-order chi connectivity index (χ0) is 17.1. The number of hydrogen-bond acceptors (Lipinski definition) is 4. The first-order valence-corrected chi connectivity index (χ1v) is 8.57. The van der Waals surface area contributed by atoms with E-state index in [1.54, 1.807) is 12.3 Å². The van der Waals surface area contributed by atoms with Gasteiger partial charge in [-0.2, -0.15) is 5.10 Å². The fourth-order valence-corrected chi connectivity index (χ4v) is 3.12. The lowest BCUT2D eigenvalue weighted by atomic mass is 10.1. The third-order valence-electron chi connectivity index (χ3n) is 3.54. The molecule has 6 nitrogen and oxygen atoms in total. The summed E-state index contributed by atoms with van der Waals surface area (Å²) in [5, 5.41) is 10.4. The molecule has 2 N–H and O–H groups in total. The van der Waals surface area contributed by atoms with Gasteiger partial charge in [0.05, 0.1) is 11.4 Å². The van der Waals surface area contributed by atoms with Crippen molar-refractivity contribution >= 4 is 23.5 Å². The van der Waals surface area contributed by atoms with Crippen LogP contribution in [0.25, 0.3) is 5.69 Å². The summed E-state index contributed by atoms with van der Waals surface area (Å²) in [6.45, 7) is 6.01. The van der Waals surface area contributed by atoms with Crippen LogP contribution in [0.4, 0.5) is 5.82 Å². The number of aryl methyl sites for hydroxylation is 3. The van der Waals surface area contributed by atoms with Crippen LogP contribution in [0.1, 0.15) is 16.8 Å². The third-order valence-corrected chi connectivity index (χ3v) is 4.50. The Morgan fingerprint density at radius 2 is 2.12 bits per heavy atom. The Balaban J connectivity index is 1.69. The molecule has 3 aromatic rings. The molecule has 0 aliphatic carbocycles. The summed E-state index contributed by atoms with van der Waals surface area (Å²) >= 11 is 1.40. The van der Waals surface area contributed by atoms with Gasteiger partial charge >= 0.3 is 0 Å². The monoisotopic (exact) mass is 341 g/mol. The van der Waals surface area contributed by atoms with Crippen molar-refractivity contribution in [3.63, 3.8) is 0 Å². The number of carbonyl (C=O) groups is 1. The van der Waals surface area contributed by atoms with Gasteiger partial charge in [0, 0.05) is 24.2 Å². The van der Waals surface area contributed by atoms with Crippen molar-refractivity contribution in [1.82, 2.24) is 19.7 Å². The highest BCUT2D eigenvalue weighted by Crippen LogP contribution is 2.23. The van der Waals surface area contributed by atoms with Crippen molar-refractivity contribution in [2.24, 2.45) is 0 Å². The van der Waals surface area contributed by atoms with Gasteiger partial charge in [0.15, 0.2) is 11.0 Å². The van der Waals surface area contributed by atoms with Crippen molar-refractivity contribution < 1.29 is 4.79 Å². The minimum atomic E-state index is -0.109. The highest BCUT2D eigenvalue weighted by molar-refractivity contribution is 7.99. The maximum absolute atomic E-state index is 12.1. The number of aromatic amines is 1. The van der Waals surface area contributed by atoms with Gasteiger partial charge in [-0.05, 0) is 38.0 Å². The Hall–Kier alpha value is -2.54. The molecule has 0 fully saturated rings. The largest absolute Gasteiger partial charge is 0.308 e. The zero-order valence-corrected chi connectivity index (χ0v) is 14.6. The lowest BCUT2D eigenvalue weighted by Crippen LogP contribution is -2.14. The molecule has 0 unspecified atom stereocenters. The first-order chi connectivity index (χ1) is 11.5. The van der Waals surface area contributed by atoms with Crippen LogP contribution in [0.15, 0.2) is 41.8 Å². The van der Waals surface area contributed by atoms with E-state index in [0.29, 0.717) is 5.82 Å². The summed E-state index contributed by atoms with van der Waals surface area (Å²) in [6.07, 6.45) is 3.66. The van der Waals surface area contributed by atoms with Gasteiger partial charge in [0.2, 0.25) is 5.91 Å². The quantitative estimate of drug-likeness (QED) is 0.699. The molecule has 0 aliphatic rings. The standard InChI is InChI=1S/C17H19N5OS/c1-11-4-5-12(2)14(8-11)22-7-6-18-17(22)24-10-16(23)19-15-9-13(3)20-21-15/h4-9H,10H2,1-3H3,(H2,19,20,21,23). The van der Waals surface area contributed by atoms with Crippen LogP contribution in [0.2, 0.25) is 0 Å². The van der Waals surface area contributed by atoms with Crippen molar-refractivity contribution in [3.8, 4) is 5.69 Å². The molecule has 1 aromatic carbocycles. The molecule has 124 valence electrons. The summed E-state index contributed by atoms with van der Waals surface area (Å²) in [5.41, 5.74) is 4.34. The Kier molecular flexibility index (Phi) is 4.71. The second-order valence-corrected chi connectivity index (χ2v) is 6.59. The van der Waals surface area contributed by atoms with E-state index in [4.69, 9.17) is 0 Å². The van der Waals surface area contributed by atoms with Crippen molar-refractivity contribution in [3.05, 3.63) is 53.5 Å². The van der Waals surface area contributed by atoms with Crippen molar-refractivity contribution in [1.29, 1.82) is 0 Å².